The predicted octanol–water partition coefficient (Wildman–Crippen LogP) is 2.87. The molecule has 1 fully saturated rings. The minimum absolute atomic E-state index is 0.286. The summed E-state index contributed by atoms with van der Waals surface area (Å²) in [5.74, 6) is 1.64. The third-order valence-corrected chi connectivity index (χ3v) is 5.15. The molecule has 0 radical (unpaired) electrons. The van der Waals surface area contributed by atoms with E-state index in [0.717, 1.165) is 54.6 Å². The number of ether oxygens (including phenoxy) is 1. The lowest BCUT2D eigenvalue weighted by atomic mass is 10.1. The second-order valence-corrected chi connectivity index (χ2v) is 7.40. The fourth-order valence-electron chi connectivity index (χ4n) is 3.66. The van der Waals surface area contributed by atoms with Crippen molar-refractivity contribution in [3.05, 3.63) is 59.7 Å². The molecule has 0 spiro atoms. The van der Waals surface area contributed by atoms with Crippen molar-refractivity contribution in [1.29, 1.82) is 0 Å². The Morgan fingerprint density at radius 3 is 2.86 bits per heavy atom. The van der Waals surface area contributed by atoms with E-state index in [4.69, 9.17) is 4.74 Å². The zero-order chi connectivity index (χ0) is 20.6. The SMILES string of the molecule is CCNC(=NCC(O)c1cccc(C)c1)NC1CCN(c2ccccc2OC)C1. The van der Waals surface area contributed by atoms with Gasteiger partial charge in [-0.05, 0) is 38.0 Å². The topological polar surface area (TPSA) is 69.1 Å². The molecule has 2 aromatic carbocycles. The molecule has 2 unspecified atom stereocenters. The van der Waals surface area contributed by atoms with Gasteiger partial charge >= 0.3 is 0 Å². The number of nitrogens with zero attached hydrogens (tertiary/aromatic N) is 2. The van der Waals surface area contributed by atoms with Crippen LogP contribution in [0.5, 0.6) is 5.75 Å². The standard InChI is InChI=1S/C23H32N4O2/c1-4-24-23(25-15-21(28)18-9-7-8-17(2)14-18)26-19-12-13-27(16-19)20-10-5-6-11-22(20)29-3/h5-11,14,19,21,28H,4,12-13,15-16H2,1-3H3,(H2,24,25,26). The number of anilines is 1. The average molecular weight is 397 g/mol. The van der Waals surface area contributed by atoms with Gasteiger partial charge in [-0.3, -0.25) is 4.99 Å². The Kier molecular flexibility index (Phi) is 7.36. The van der Waals surface area contributed by atoms with Gasteiger partial charge in [-0.25, -0.2) is 0 Å². The molecule has 3 N–H and O–H groups in total. The number of hydrogen-bond donors (Lipinski definition) is 3. The second-order valence-electron chi connectivity index (χ2n) is 7.40. The van der Waals surface area contributed by atoms with E-state index >= 15 is 0 Å². The van der Waals surface area contributed by atoms with Crippen LogP contribution in [0.2, 0.25) is 0 Å². The zero-order valence-corrected chi connectivity index (χ0v) is 17.6. The van der Waals surface area contributed by atoms with E-state index in [1.54, 1.807) is 7.11 Å². The molecular formula is C23H32N4O2. The van der Waals surface area contributed by atoms with Gasteiger partial charge in [-0.2, -0.15) is 0 Å². The Morgan fingerprint density at radius 2 is 2.10 bits per heavy atom. The molecule has 1 heterocycles. The maximum atomic E-state index is 10.5. The fraction of sp³-hybridized carbons (Fsp3) is 0.435. The summed E-state index contributed by atoms with van der Waals surface area (Å²) in [5, 5.41) is 17.3. The minimum atomic E-state index is -0.612. The fourth-order valence-corrected chi connectivity index (χ4v) is 3.66. The lowest BCUT2D eigenvalue weighted by molar-refractivity contribution is 0.187. The molecule has 1 aliphatic rings. The summed E-state index contributed by atoms with van der Waals surface area (Å²) in [5.41, 5.74) is 3.15. The Bertz CT molecular complexity index is 824. The van der Waals surface area contributed by atoms with E-state index < -0.39 is 6.10 Å². The summed E-state index contributed by atoms with van der Waals surface area (Å²) in [6.45, 7) is 7.01. The van der Waals surface area contributed by atoms with Crippen LogP contribution >= 0.6 is 0 Å². The van der Waals surface area contributed by atoms with Crippen LogP contribution in [0.25, 0.3) is 0 Å². The Labute approximate surface area is 173 Å². The molecule has 1 aliphatic heterocycles. The van der Waals surface area contributed by atoms with E-state index in [2.05, 4.69) is 26.6 Å². The van der Waals surface area contributed by atoms with Gasteiger partial charge in [-0.15, -0.1) is 0 Å². The van der Waals surface area contributed by atoms with Gasteiger partial charge in [-0.1, -0.05) is 42.0 Å². The molecule has 6 nitrogen and oxygen atoms in total. The van der Waals surface area contributed by atoms with Crippen molar-refractivity contribution < 1.29 is 9.84 Å². The highest BCUT2D eigenvalue weighted by Crippen LogP contribution is 2.30. The molecule has 156 valence electrons. The van der Waals surface area contributed by atoms with Crippen molar-refractivity contribution in [2.45, 2.75) is 32.4 Å². The number of nitrogens with one attached hydrogen (secondary N) is 2. The number of para-hydroxylation sites is 2. The monoisotopic (exact) mass is 396 g/mol. The maximum Gasteiger partial charge on any atom is 0.191 e. The number of methoxy groups -OCH3 is 1. The highest BCUT2D eigenvalue weighted by molar-refractivity contribution is 5.80. The first-order valence-corrected chi connectivity index (χ1v) is 10.3. The first kappa shape index (κ1) is 21.0. The van der Waals surface area contributed by atoms with Crippen molar-refractivity contribution >= 4 is 11.6 Å². The Balaban J connectivity index is 1.61. The van der Waals surface area contributed by atoms with E-state index in [9.17, 15) is 5.11 Å². The molecule has 6 heteroatoms. The summed E-state index contributed by atoms with van der Waals surface area (Å²) >= 11 is 0. The van der Waals surface area contributed by atoms with Crippen LogP contribution in [0.15, 0.2) is 53.5 Å². The molecule has 2 aromatic rings. The minimum Gasteiger partial charge on any atom is -0.495 e. The zero-order valence-electron chi connectivity index (χ0n) is 17.6. The van der Waals surface area contributed by atoms with Crippen molar-refractivity contribution in [2.24, 2.45) is 4.99 Å². The second kappa shape index (κ2) is 10.2. The summed E-state index contributed by atoms with van der Waals surface area (Å²) < 4.78 is 5.50. The molecule has 1 saturated heterocycles. The maximum absolute atomic E-state index is 10.5. The predicted molar refractivity (Wildman–Crippen MR) is 119 cm³/mol. The average Bonchev–Trinajstić information content (AvgIpc) is 3.20. The molecule has 0 saturated carbocycles. The molecule has 0 aliphatic carbocycles. The first-order chi connectivity index (χ1) is 14.1. The largest absolute Gasteiger partial charge is 0.495 e. The molecule has 29 heavy (non-hydrogen) atoms. The summed E-state index contributed by atoms with van der Waals surface area (Å²) in [6.07, 6.45) is 0.405. The lowest BCUT2D eigenvalue weighted by Gasteiger charge is -2.22. The number of guanidine groups is 1. The molecule has 0 bridgehead atoms. The van der Waals surface area contributed by atoms with Crippen molar-refractivity contribution in [2.75, 3.05) is 38.2 Å². The van der Waals surface area contributed by atoms with Crippen LogP contribution < -0.4 is 20.3 Å². The van der Waals surface area contributed by atoms with E-state index in [0.29, 0.717) is 6.54 Å². The summed E-state index contributed by atoms with van der Waals surface area (Å²) in [6, 6.07) is 16.3. The summed E-state index contributed by atoms with van der Waals surface area (Å²) in [7, 11) is 1.71. The Morgan fingerprint density at radius 1 is 1.28 bits per heavy atom. The van der Waals surface area contributed by atoms with Gasteiger partial charge < -0.3 is 25.4 Å². The first-order valence-electron chi connectivity index (χ1n) is 10.3. The van der Waals surface area contributed by atoms with Gasteiger partial charge in [0.15, 0.2) is 5.96 Å². The number of aliphatic hydroxyl groups is 1. The van der Waals surface area contributed by atoms with Gasteiger partial charge in [0.1, 0.15) is 5.75 Å². The van der Waals surface area contributed by atoms with Gasteiger partial charge in [0, 0.05) is 25.7 Å². The number of aliphatic imine (C=N–C) groups is 1. The molecule has 0 aromatic heterocycles. The van der Waals surface area contributed by atoms with Crippen LogP contribution in [0, 0.1) is 6.92 Å². The Hall–Kier alpha value is -2.73. The quantitative estimate of drug-likeness (QED) is 0.496. The molecule has 0 amide bonds. The smallest absolute Gasteiger partial charge is 0.191 e. The molecular weight excluding hydrogens is 364 g/mol. The normalized spacial score (nSPS) is 17.9. The molecule has 3 rings (SSSR count). The summed E-state index contributed by atoms with van der Waals surface area (Å²) in [4.78, 5) is 6.95. The van der Waals surface area contributed by atoms with Crippen LogP contribution in [0.4, 0.5) is 5.69 Å². The van der Waals surface area contributed by atoms with E-state index in [-0.39, 0.29) is 6.04 Å². The third-order valence-electron chi connectivity index (χ3n) is 5.15. The third kappa shape index (κ3) is 5.64. The van der Waals surface area contributed by atoms with E-state index in [1.165, 1.54) is 0 Å². The lowest BCUT2D eigenvalue weighted by Crippen LogP contribution is -2.44. The number of benzene rings is 2. The van der Waals surface area contributed by atoms with Gasteiger partial charge in [0.05, 0.1) is 25.4 Å². The highest BCUT2D eigenvalue weighted by Gasteiger charge is 2.25. The van der Waals surface area contributed by atoms with Crippen molar-refractivity contribution in [1.82, 2.24) is 10.6 Å². The van der Waals surface area contributed by atoms with Crippen molar-refractivity contribution in [3.8, 4) is 5.75 Å². The number of aryl methyl sites for hydroxylation is 1. The number of rotatable bonds is 7. The number of aliphatic hydroxyl groups excluding tert-OH is 1. The highest BCUT2D eigenvalue weighted by atomic mass is 16.5. The van der Waals surface area contributed by atoms with Gasteiger partial charge in [0.25, 0.3) is 0 Å². The number of hydrogen-bond acceptors (Lipinski definition) is 4. The van der Waals surface area contributed by atoms with Crippen LogP contribution in [-0.4, -0.2) is 50.4 Å². The van der Waals surface area contributed by atoms with Crippen molar-refractivity contribution in [3.63, 3.8) is 0 Å². The van der Waals surface area contributed by atoms with Crippen LogP contribution in [-0.2, 0) is 0 Å². The van der Waals surface area contributed by atoms with Crippen LogP contribution in [0.1, 0.15) is 30.6 Å². The van der Waals surface area contributed by atoms with Gasteiger partial charge in [0.2, 0.25) is 0 Å². The van der Waals surface area contributed by atoms with E-state index in [1.807, 2.05) is 56.3 Å². The molecule has 2 atom stereocenters. The van der Waals surface area contributed by atoms with Crippen LogP contribution in [0.3, 0.4) is 0 Å².